The van der Waals surface area contributed by atoms with E-state index in [4.69, 9.17) is 5.84 Å². The Morgan fingerprint density at radius 2 is 1.95 bits per heavy atom. The summed E-state index contributed by atoms with van der Waals surface area (Å²) in [6.07, 6.45) is 0. The van der Waals surface area contributed by atoms with Gasteiger partial charge in [0.15, 0.2) is 0 Å². The number of hydrazine groups is 1. The SMILES string of the molecule is Cc1ccc(=O)n(Cc2ccc(C(C)C(=O)NN)cc2)n1. The molecule has 0 saturated heterocycles. The van der Waals surface area contributed by atoms with Crippen molar-refractivity contribution in [1.29, 1.82) is 0 Å². The van der Waals surface area contributed by atoms with Gasteiger partial charge in [0.1, 0.15) is 0 Å². The molecule has 2 rings (SSSR count). The van der Waals surface area contributed by atoms with Crippen LogP contribution in [0.3, 0.4) is 0 Å². The summed E-state index contributed by atoms with van der Waals surface area (Å²) in [6, 6.07) is 10.7. The Morgan fingerprint density at radius 3 is 2.57 bits per heavy atom. The van der Waals surface area contributed by atoms with E-state index < -0.39 is 0 Å². The second-order valence-electron chi connectivity index (χ2n) is 4.94. The molecule has 0 bridgehead atoms. The van der Waals surface area contributed by atoms with Gasteiger partial charge in [-0.2, -0.15) is 5.10 Å². The van der Waals surface area contributed by atoms with Gasteiger partial charge in [-0.3, -0.25) is 15.0 Å². The minimum absolute atomic E-state index is 0.138. The quantitative estimate of drug-likeness (QED) is 0.491. The monoisotopic (exact) mass is 286 g/mol. The van der Waals surface area contributed by atoms with Crippen molar-refractivity contribution in [2.45, 2.75) is 26.3 Å². The van der Waals surface area contributed by atoms with E-state index in [0.717, 1.165) is 16.8 Å². The van der Waals surface area contributed by atoms with E-state index in [1.54, 1.807) is 13.0 Å². The van der Waals surface area contributed by atoms with E-state index in [0.29, 0.717) is 6.54 Å². The van der Waals surface area contributed by atoms with E-state index >= 15 is 0 Å². The topological polar surface area (TPSA) is 90.0 Å². The summed E-state index contributed by atoms with van der Waals surface area (Å²) in [5, 5.41) is 4.19. The number of aromatic nitrogens is 2. The molecule has 1 unspecified atom stereocenters. The Morgan fingerprint density at radius 1 is 1.29 bits per heavy atom. The van der Waals surface area contributed by atoms with Gasteiger partial charge in [-0.05, 0) is 31.0 Å². The zero-order valence-corrected chi connectivity index (χ0v) is 12.0. The van der Waals surface area contributed by atoms with E-state index in [2.05, 4.69) is 10.5 Å². The fourth-order valence-corrected chi connectivity index (χ4v) is 2.03. The van der Waals surface area contributed by atoms with Crippen molar-refractivity contribution in [3.05, 3.63) is 63.6 Å². The molecule has 0 aliphatic carbocycles. The van der Waals surface area contributed by atoms with Crippen molar-refractivity contribution in [2.24, 2.45) is 5.84 Å². The lowest BCUT2D eigenvalue weighted by atomic mass is 9.99. The number of carbonyl (C=O) groups is 1. The van der Waals surface area contributed by atoms with Crippen LogP contribution in [0.5, 0.6) is 0 Å². The minimum atomic E-state index is -0.316. The Bertz CT molecular complexity index is 692. The van der Waals surface area contributed by atoms with Crippen molar-refractivity contribution in [1.82, 2.24) is 15.2 Å². The van der Waals surface area contributed by atoms with Gasteiger partial charge < -0.3 is 0 Å². The number of aryl methyl sites for hydroxylation is 1. The predicted octanol–water partition coefficient (Wildman–Crippen LogP) is 0.693. The summed E-state index contributed by atoms with van der Waals surface area (Å²) >= 11 is 0. The molecule has 110 valence electrons. The van der Waals surface area contributed by atoms with Gasteiger partial charge in [0.25, 0.3) is 5.56 Å². The third kappa shape index (κ3) is 3.55. The first kappa shape index (κ1) is 14.9. The lowest BCUT2D eigenvalue weighted by Crippen LogP contribution is -2.33. The van der Waals surface area contributed by atoms with Crippen LogP contribution in [0.25, 0.3) is 0 Å². The number of rotatable bonds is 4. The van der Waals surface area contributed by atoms with Crippen molar-refractivity contribution in [3.63, 3.8) is 0 Å². The van der Waals surface area contributed by atoms with Crippen LogP contribution in [0.4, 0.5) is 0 Å². The average molecular weight is 286 g/mol. The smallest absolute Gasteiger partial charge is 0.267 e. The number of amides is 1. The first-order valence-corrected chi connectivity index (χ1v) is 6.65. The first-order chi connectivity index (χ1) is 10.0. The number of nitrogens with zero attached hydrogens (tertiary/aromatic N) is 2. The third-order valence-electron chi connectivity index (χ3n) is 3.35. The molecule has 1 aromatic carbocycles. The third-order valence-corrected chi connectivity index (χ3v) is 3.35. The molecule has 1 heterocycles. The largest absolute Gasteiger partial charge is 0.294 e. The highest BCUT2D eigenvalue weighted by molar-refractivity contribution is 5.82. The van der Waals surface area contributed by atoms with Crippen molar-refractivity contribution >= 4 is 5.91 Å². The summed E-state index contributed by atoms with van der Waals surface area (Å²) in [4.78, 5) is 23.2. The first-order valence-electron chi connectivity index (χ1n) is 6.65. The van der Waals surface area contributed by atoms with Gasteiger partial charge in [0.2, 0.25) is 5.91 Å². The number of nitrogens with one attached hydrogen (secondary N) is 1. The molecule has 21 heavy (non-hydrogen) atoms. The molecular weight excluding hydrogens is 268 g/mol. The highest BCUT2D eigenvalue weighted by Gasteiger charge is 2.13. The number of nitrogens with two attached hydrogens (primary N) is 1. The number of hydrogen-bond donors (Lipinski definition) is 2. The summed E-state index contributed by atoms with van der Waals surface area (Å²) in [6.45, 7) is 4.02. The van der Waals surface area contributed by atoms with Crippen molar-refractivity contribution in [2.75, 3.05) is 0 Å². The maximum atomic E-state index is 11.7. The molecule has 0 aliphatic rings. The zero-order valence-electron chi connectivity index (χ0n) is 12.0. The minimum Gasteiger partial charge on any atom is -0.294 e. The van der Waals surface area contributed by atoms with Crippen LogP contribution in [-0.2, 0) is 11.3 Å². The normalized spacial score (nSPS) is 12.0. The molecule has 0 radical (unpaired) electrons. The van der Waals surface area contributed by atoms with E-state index in [9.17, 15) is 9.59 Å². The Labute approximate surface area is 122 Å². The van der Waals surface area contributed by atoms with Gasteiger partial charge in [0.05, 0.1) is 18.2 Å². The summed E-state index contributed by atoms with van der Waals surface area (Å²) in [5.41, 5.74) is 4.60. The lowest BCUT2D eigenvalue weighted by Gasteiger charge is -2.11. The van der Waals surface area contributed by atoms with E-state index in [1.807, 2.05) is 31.2 Å². The van der Waals surface area contributed by atoms with Crippen LogP contribution < -0.4 is 16.8 Å². The lowest BCUT2D eigenvalue weighted by molar-refractivity contribution is -0.122. The molecule has 0 fully saturated rings. The molecule has 6 nitrogen and oxygen atoms in total. The molecule has 6 heteroatoms. The molecule has 0 spiro atoms. The number of hydrogen-bond acceptors (Lipinski definition) is 4. The average Bonchev–Trinajstić information content (AvgIpc) is 2.50. The standard InChI is InChI=1S/C15H18N4O2/c1-10-3-8-14(20)19(18-10)9-12-4-6-13(7-5-12)11(2)15(21)17-16/h3-8,11H,9,16H2,1-2H3,(H,17,21). The molecule has 1 atom stereocenters. The molecule has 0 saturated carbocycles. The second-order valence-corrected chi connectivity index (χ2v) is 4.94. The number of benzene rings is 1. The maximum Gasteiger partial charge on any atom is 0.267 e. The fraction of sp³-hybridized carbons (Fsp3) is 0.267. The second kappa shape index (κ2) is 6.32. The fourth-order valence-electron chi connectivity index (χ4n) is 2.03. The summed E-state index contributed by atoms with van der Waals surface area (Å²) in [7, 11) is 0. The molecule has 1 amide bonds. The zero-order chi connectivity index (χ0) is 15.4. The van der Waals surface area contributed by atoms with Gasteiger partial charge in [-0.25, -0.2) is 10.5 Å². The maximum absolute atomic E-state index is 11.7. The Kier molecular flexibility index (Phi) is 4.49. The van der Waals surface area contributed by atoms with Crippen LogP contribution >= 0.6 is 0 Å². The molecule has 3 N–H and O–H groups in total. The summed E-state index contributed by atoms with van der Waals surface area (Å²) in [5.74, 6) is 4.57. The highest BCUT2D eigenvalue weighted by atomic mass is 16.2. The molecule has 2 aromatic rings. The van der Waals surface area contributed by atoms with Crippen LogP contribution in [0.1, 0.15) is 29.7 Å². The van der Waals surface area contributed by atoms with Crippen LogP contribution in [-0.4, -0.2) is 15.7 Å². The van der Waals surface area contributed by atoms with Crippen LogP contribution in [0.15, 0.2) is 41.2 Å². The van der Waals surface area contributed by atoms with Gasteiger partial charge in [0, 0.05) is 6.07 Å². The predicted molar refractivity (Wildman–Crippen MR) is 79.5 cm³/mol. The van der Waals surface area contributed by atoms with Gasteiger partial charge in [-0.15, -0.1) is 0 Å². The van der Waals surface area contributed by atoms with E-state index in [1.165, 1.54) is 10.7 Å². The molecular formula is C15H18N4O2. The van der Waals surface area contributed by atoms with Crippen molar-refractivity contribution < 1.29 is 4.79 Å². The highest BCUT2D eigenvalue weighted by Crippen LogP contribution is 2.16. The van der Waals surface area contributed by atoms with Gasteiger partial charge in [-0.1, -0.05) is 24.3 Å². The summed E-state index contributed by atoms with van der Waals surface area (Å²) < 4.78 is 1.42. The van der Waals surface area contributed by atoms with Crippen molar-refractivity contribution in [3.8, 4) is 0 Å². The number of carbonyl (C=O) groups excluding carboxylic acids is 1. The van der Waals surface area contributed by atoms with Crippen LogP contribution in [0.2, 0.25) is 0 Å². The van der Waals surface area contributed by atoms with E-state index in [-0.39, 0.29) is 17.4 Å². The Hall–Kier alpha value is -2.47. The molecule has 1 aromatic heterocycles. The van der Waals surface area contributed by atoms with Gasteiger partial charge >= 0.3 is 0 Å². The van der Waals surface area contributed by atoms with Crippen LogP contribution in [0, 0.1) is 6.92 Å². The molecule has 0 aliphatic heterocycles. The Balaban J connectivity index is 2.18.